The van der Waals surface area contributed by atoms with Gasteiger partial charge >= 0.3 is 5.97 Å². The summed E-state index contributed by atoms with van der Waals surface area (Å²) < 4.78 is 14.2. The zero-order chi connectivity index (χ0) is 31.2. The molecule has 12 nitrogen and oxygen atoms in total. The molecule has 5 rings (SSSR count). The van der Waals surface area contributed by atoms with Gasteiger partial charge in [0.2, 0.25) is 0 Å². The van der Waals surface area contributed by atoms with Crippen LogP contribution in [0, 0.1) is 12.8 Å². The van der Waals surface area contributed by atoms with Crippen LogP contribution in [0.15, 0.2) is 18.0 Å². The number of carbonyl (C=O) groups is 1. The molecule has 3 aliphatic rings. The van der Waals surface area contributed by atoms with Gasteiger partial charge in [-0.15, -0.1) is 0 Å². The average molecular weight is 590 g/mol. The van der Waals surface area contributed by atoms with E-state index in [1.165, 1.54) is 5.01 Å². The molecule has 0 radical (unpaired) electrons. The lowest BCUT2D eigenvalue weighted by atomic mass is 9.93. The molecule has 42 heavy (non-hydrogen) atoms. The number of carboxylic acid groups (broad SMARTS) is 1. The van der Waals surface area contributed by atoms with Crippen molar-refractivity contribution >= 4 is 17.4 Å². The number of aromatic nitrogens is 3. The van der Waals surface area contributed by atoms with Gasteiger partial charge in [0, 0.05) is 49.8 Å². The highest BCUT2D eigenvalue weighted by Crippen LogP contribution is 2.33. The summed E-state index contributed by atoms with van der Waals surface area (Å²) in [6, 6.07) is 1.89. The van der Waals surface area contributed by atoms with Crippen LogP contribution in [0.3, 0.4) is 0 Å². The van der Waals surface area contributed by atoms with Crippen LogP contribution in [0.5, 0.6) is 0 Å². The van der Waals surface area contributed by atoms with Gasteiger partial charge in [0.15, 0.2) is 5.65 Å². The fraction of sp³-hybridized carbons (Fsp3) is 0.700. The van der Waals surface area contributed by atoms with Gasteiger partial charge in [0.1, 0.15) is 11.9 Å². The van der Waals surface area contributed by atoms with Crippen molar-refractivity contribution < 1.29 is 24.5 Å². The van der Waals surface area contributed by atoms with E-state index in [1.54, 1.807) is 31.5 Å². The number of nitrogens with zero attached hydrogens (tertiary/aromatic N) is 5. The molecule has 4 bridgehead atoms. The van der Waals surface area contributed by atoms with E-state index in [0.717, 1.165) is 44.6 Å². The van der Waals surface area contributed by atoms with Gasteiger partial charge in [-0.3, -0.25) is 4.79 Å². The second-order valence-electron chi connectivity index (χ2n) is 13.0. The molecule has 0 aliphatic carbocycles. The first-order valence-corrected chi connectivity index (χ1v) is 14.9. The predicted octanol–water partition coefficient (Wildman–Crippen LogP) is 3.13. The zero-order valence-electron chi connectivity index (χ0n) is 26.4. The Balaban J connectivity index is 0.000000892. The summed E-state index contributed by atoms with van der Waals surface area (Å²) in [5, 5.41) is 24.5. The molecule has 1 saturated heterocycles. The maximum absolute atomic E-state index is 11.8. The minimum Gasteiger partial charge on any atom is -0.481 e. The molecule has 5 heterocycles. The molecule has 1 unspecified atom stereocenters. The Hall–Kier alpha value is -2.93. The van der Waals surface area contributed by atoms with E-state index in [-0.39, 0.29) is 24.0 Å². The summed E-state index contributed by atoms with van der Waals surface area (Å²) in [7, 11) is 0. The van der Waals surface area contributed by atoms with Crippen LogP contribution >= 0.6 is 0 Å². The molecule has 2 aromatic heterocycles. The molecule has 6 N–H and O–H groups in total. The van der Waals surface area contributed by atoms with E-state index in [0.29, 0.717) is 48.1 Å². The van der Waals surface area contributed by atoms with Crippen LogP contribution in [-0.2, 0) is 27.2 Å². The Morgan fingerprint density at radius 3 is 2.43 bits per heavy atom. The van der Waals surface area contributed by atoms with Gasteiger partial charge in [-0.1, -0.05) is 13.8 Å². The highest BCUT2D eigenvalue weighted by Gasteiger charge is 2.33. The van der Waals surface area contributed by atoms with Gasteiger partial charge in [0.05, 0.1) is 35.6 Å². The van der Waals surface area contributed by atoms with Crippen LogP contribution in [0.2, 0.25) is 0 Å². The number of nitrogens with two attached hydrogens (primary N) is 2. The molecule has 1 fully saturated rings. The van der Waals surface area contributed by atoms with Crippen LogP contribution in [-0.4, -0.2) is 79.4 Å². The number of anilines is 1. The highest BCUT2D eigenvalue weighted by atomic mass is 16.5. The number of ether oxygens (including phenoxy) is 2. The number of rotatable bonds is 3. The van der Waals surface area contributed by atoms with Crippen molar-refractivity contribution in [2.75, 3.05) is 31.2 Å². The van der Waals surface area contributed by atoms with E-state index in [9.17, 15) is 9.90 Å². The number of carboxylic acids is 1. The van der Waals surface area contributed by atoms with E-state index in [2.05, 4.69) is 30.7 Å². The molecule has 0 amide bonds. The summed E-state index contributed by atoms with van der Waals surface area (Å²) in [4.78, 5) is 18.7. The van der Waals surface area contributed by atoms with Crippen molar-refractivity contribution in [3.8, 4) is 0 Å². The van der Waals surface area contributed by atoms with Crippen molar-refractivity contribution in [3.63, 3.8) is 0 Å². The first-order chi connectivity index (χ1) is 19.6. The van der Waals surface area contributed by atoms with Crippen molar-refractivity contribution in [1.82, 2.24) is 19.6 Å². The Morgan fingerprint density at radius 2 is 1.83 bits per heavy atom. The van der Waals surface area contributed by atoms with E-state index < -0.39 is 11.6 Å². The van der Waals surface area contributed by atoms with Crippen molar-refractivity contribution in [3.05, 3.63) is 34.9 Å². The van der Waals surface area contributed by atoms with Crippen LogP contribution in [0.25, 0.3) is 5.65 Å². The molecular formula is C30H51N7O5. The molecule has 12 heteroatoms. The molecule has 0 saturated carbocycles. The standard InChI is InChI=1S/C26H41N7O4.C4H10O/c1-17(2)24-21(27)16-32(28)15-19-13-22-29-18(3)20(14-23(34)35)25(33(22)30-19)31-9-7-26(4,8-10-31)37-12-6-5-11-36-24;1-4(2,3)5/h13,16-17,24H,5-12,14-15,27-28H2,1-4H3,(H,34,35);5H,1-3H3/b21-16-;. The van der Waals surface area contributed by atoms with Gasteiger partial charge in [-0.25, -0.2) is 10.8 Å². The molecule has 0 aromatic carbocycles. The highest BCUT2D eigenvalue weighted by molar-refractivity contribution is 5.74. The summed E-state index contributed by atoms with van der Waals surface area (Å²) in [5.74, 6) is 6.39. The second-order valence-corrected chi connectivity index (χ2v) is 13.0. The third kappa shape index (κ3) is 9.55. The summed E-state index contributed by atoms with van der Waals surface area (Å²) in [5.41, 5.74) is 8.97. The second kappa shape index (κ2) is 14.0. The quantitative estimate of drug-likeness (QED) is 0.389. The molecule has 2 aromatic rings. The lowest BCUT2D eigenvalue weighted by Crippen LogP contribution is -2.45. The summed E-state index contributed by atoms with van der Waals surface area (Å²) in [6.45, 7) is 16.4. The number of piperidine rings is 1. The third-order valence-electron chi connectivity index (χ3n) is 7.26. The van der Waals surface area contributed by atoms with Crippen molar-refractivity contribution in [1.29, 1.82) is 0 Å². The molecule has 1 atom stereocenters. The number of fused-ring (bicyclic) bond motifs is 11. The Morgan fingerprint density at radius 1 is 1.21 bits per heavy atom. The fourth-order valence-electron chi connectivity index (χ4n) is 5.18. The molecular weight excluding hydrogens is 538 g/mol. The summed E-state index contributed by atoms with van der Waals surface area (Å²) >= 11 is 0. The van der Waals surface area contributed by atoms with E-state index in [1.807, 2.05) is 13.0 Å². The largest absolute Gasteiger partial charge is 0.481 e. The number of hydrogen-bond acceptors (Lipinski definition) is 10. The lowest BCUT2D eigenvalue weighted by molar-refractivity contribution is -0.136. The van der Waals surface area contributed by atoms with E-state index in [4.69, 9.17) is 31.3 Å². The number of aliphatic hydroxyl groups is 1. The lowest BCUT2D eigenvalue weighted by Gasteiger charge is -2.41. The van der Waals surface area contributed by atoms with Gasteiger partial charge in [-0.2, -0.15) is 9.61 Å². The van der Waals surface area contributed by atoms with Crippen LogP contribution in [0.4, 0.5) is 5.82 Å². The number of aliphatic carboxylic acids is 1. The average Bonchev–Trinajstić information content (AvgIpc) is 3.23. The van der Waals surface area contributed by atoms with Crippen molar-refractivity contribution in [2.24, 2.45) is 17.5 Å². The van der Waals surface area contributed by atoms with Gasteiger partial charge < -0.3 is 35.3 Å². The summed E-state index contributed by atoms with van der Waals surface area (Å²) in [6.07, 6.45) is 4.79. The Bertz CT molecular complexity index is 1220. The Labute approximate surface area is 249 Å². The predicted molar refractivity (Wildman–Crippen MR) is 163 cm³/mol. The topological polar surface area (TPSA) is 165 Å². The maximum Gasteiger partial charge on any atom is 0.308 e. The minimum absolute atomic E-state index is 0.123. The first-order valence-electron chi connectivity index (χ1n) is 14.9. The fourth-order valence-corrected chi connectivity index (χ4v) is 5.18. The minimum atomic E-state index is -0.899. The maximum atomic E-state index is 11.8. The third-order valence-corrected chi connectivity index (χ3v) is 7.26. The van der Waals surface area contributed by atoms with Crippen LogP contribution < -0.4 is 16.5 Å². The normalized spacial score (nSPS) is 24.0. The first kappa shape index (κ1) is 33.6. The van der Waals surface area contributed by atoms with Crippen molar-refractivity contribution in [2.45, 2.75) is 104 Å². The smallest absolute Gasteiger partial charge is 0.308 e. The van der Waals surface area contributed by atoms with Gasteiger partial charge in [-0.05, 0) is 66.2 Å². The zero-order valence-corrected chi connectivity index (χ0v) is 26.4. The number of hydrazine groups is 1. The molecule has 0 spiro atoms. The molecule has 3 aliphatic heterocycles. The monoisotopic (exact) mass is 589 g/mol. The number of hydrogen-bond donors (Lipinski definition) is 4. The molecule has 236 valence electrons. The van der Waals surface area contributed by atoms with Crippen LogP contribution in [0.1, 0.15) is 84.2 Å². The SMILES string of the molecule is CC(C)(C)O.Cc1nc2cc3nn2c(c1CC(=O)O)N1CCC(C)(CC1)OCCCCOC(C(C)C)/C(N)=C/N(N)C3. The van der Waals surface area contributed by atoms with E-state index >= 15 is 0 Å². The number of aryl methyl sites for hydroxylation is 1. The Kier molecular flexibility index (Phi) is 11.2. The van der Waals surface area contributed by atoms with Gasteiger partial charge in [0.25, 0.3) is 0 Å².